The van der Waals surface area contributed by atoms with Crippen molar-refractivity contribution in [2.24, 2.45) is 0 Å². The molecule has 0 bridgehead atoms. The third-order valence-electron chi connectivity index (χ3n) is 7.27. The summed E-state index contributed by atoms with van der Waals surface area (Å²) in [5, 5.41) is 5.95. The molecule has 1 aromatic carbocycles. The van der Waals surface area contributed by atoms with Crippen LogP contribution in [0.2, 0.25) is 0 Å². The Labute approximate surface area is 216 Å². The molecule has 9 heteroatoms. The average Bonchev–Trinajstić information content (AvgIpc) is 3.57. The van der Waals surface area contributed by atoms with Gasteiger partial charge in [-0.25, -0.2) is 9.67 Å². The third-order valence-corrected chi connectivity index (χ3v) is 8.40. The number of aryl methyl sites for hydroxylation is 1. The van der Waals surface area contributed by atoms with E-state index >= 15 is 0 Å². The molecule has 2 saturated heterocycles. The summed E-state index contributed by atoms with van der Waals surface area (Å²) < 4.78 is 8.67. The number of piperidine rings is 1. The highest BCUT2D eigenvalue weighted by Crippen LogP contribution is 2.37. The predicted molar refractivity (Wildman–Crippen MR) is 147 cm³/mol. The molecule has 2 aliphatic rings. The van der Waals surface area contributed by atoms with E-state index in [0.717, 1.165) is 84.8 Å². The Balaban J connectivity index is 1.37. The highest BCUT2D eigenvalue weighted by atomic mass is 32.1. The topological polar surface area (TPSA) is 62.6 Å². The number of rotatable bonds is 5. The summed E-state index contributed by atoms with van der Waals surface area (Å²) >= 11 is 1.77. The molecule has 0 saturated carbocycles. The van der Waals surface area contributed by atoms with Gasteiger partial charge in [-0.2, -0.15) is 10.1 Å². The second-order valence-corrected chi connectivity index (χ2v) is 10.9. The van der Waals surface area contributed by atoms with Crippen LogP contribution in [-0.2, 0) is 4.74 Å². The highest BCUT2D eigenvalue weighted by molar-refractivity contribution is 7.22. The summed E-state index contributed by atoms with van der Waals surface area (Å²) in [5.74, 6) is 0.797. The number of pyridine rings is 1. The maximum atomic E-state index is 5.64. The van der Waals surface area contributed by atoms with E-state index in [0.29, 0.717) is 6.04 Å². The van der Waals surface area contributed by atoms with Crippen molar-refractivity contribution in [3.63, 3.8) is 0 Å². The molecule has 0 aliphatic carbocycles. The number of hydrogen-bond acceptors (Lipinski definition) is 8. The largest absolute Gasteiger partial charge is 0.378 e. The van der Waals surface area contributed by atoms with Gasteiger partial charge in [-0.3, -0.25) is 0 Å². The fourth-order valence-corrected chi connectivity index (χ4v) is 6.25. The molecule has 5 heterocycles. The van der Waals surface area contributed by atoms with Crippen molar-refractivity contribution in [2.45, 2.75) is 25.8 Å². The highest BCUT2D eigenvalue weighted by Gasteiger charge is 2.25. The molecular formula is C27H33N7OS. The number of hydrogen-bond donors (Lipinski definition) is 0. The smallest absolute Gasteiger partial charge is 0.188 e. The van der Waals surface area contributed by atoms with Crippen molar-refractivity contribution in [3.05, 3.63) is 48.2 Å². The number of anilines is 2. The zero-order valence-corrected chi connectivity index (χ0v) is 22.0. The molecule has 0 atom stereocenters. The summed E-state index contributed by atoms with van der Waals surface area (Å²) in [5.41, 5.74) is 5.26. The van der Waals surface area contributed by atoms with Gasteiger partial charge in [0.1, 0.15) is 0 Å². The first-order valence-electron chi connectivity index (χ1n) is 12.7. The normalized spacial score (nSPS) is 17.4. The molecule has 0 spiro atoms. The van der Waals surface area contributed by atoms with Crippen molar-refractivity contribution in [2.75, 3.05) is 63.3 Å². The standard InChI is InChI=1S/C27H33N7OS/c1-19-5-4-6-20(17-19)22-9-12-34(30-22)24-18-23(32-13-15-35-16-14-32)25-26(28-24)29-27(36-25)33-10-7-21(8-11-33)31(2)3/h4-6,9,12,17-18,21H,7-8,10-11,13-16H2,1-3H3. The van der Waals surface area contributed by atoms with Gasteiger partial charge in [0.25, 0.3) is 0 Å². The van der Waals surface area contributed by atoms with Crippen LogP contribution in [0.1, 0.15) is 18.4 Å². The van der Waals surface area contributed by atoms with E-state index in [9.17, 15) is 0 Å². The minimum absolute atomic E-state index is 0.645. The van der Waals surface area contributed by atoms with Crippen LogP contribution in [0.25, 0.3) is 27.4 Å². The molecule has 0 N–H and O–H groups in total. The van der Waals surface area contributed by atoms with Crippen molar-refractivity contribution in [3.8, 4) is 17.1 Å². The van der Waals surface area contributed by atoms with E-state index < -0.39 is 0 Å². The molecule has 188 valence electrons. The van der Waals surface area contributed by atoms with Gasteiger partial charge in [-0.1, -0.05) is 35.1 Å². The third kappa shape index (κ3) is 4.58. The Morgan fingerprint density at radius 1 is 0.972 bits per heavy atom. The van der Waals surface area contributed by atoms with E-state index in [1.54, 1.807) is 11.3 Å². The Morgan fingerprint density at radius 3 is 2.53 bits per heavy atom. The molecule has 2 aliphatic heterocycles. The summed E-state index contributed by atoms with van der Waals surface area (Å²) in [6, 6.07) is 13.3. The fourth-order valence-electron chi connectivity index (χ4n) is 5.15. The molecule has 0 radical (unpaired) electrons. The summed E-state index contributed by atoms with van der Waals surface area (Å²) in [6.07, 6.45) is 4.31. The first-order valence-corrected chi connectivity index (χ1v) is 13.6. The van der Waals surface area contributed by atoms with Gasteiger partial charge < -0.3 is 19.4 Å². The molecule has 0 amide bonds. The lowest BCUT2D eigenvalue weighted by atomic mass is 10.0. The van der Waals surface area contributed by atoms with Gasteiger partial charge in [0.05, 0.1) is 29.3 Å². The number of fused-ring (bicyclic) bond motifs is 1. The van der Waals surface area contributed by atoms with Gasteiger partial charge in [-0.05, 0) is 46.0 Å². The van der Waals surface area contributed by atoms with Crippen LogP contribution in [0.4, 0.5) is 10.8 Å². The first kappa shape index (κ1) is 23.4. The maximum Gasteiger partial charge on any atom is 0.188 e. The van der Waals surface area contributed by atoms with Crippen LogP contribution >= 0.6 is 11.3 Å². The predicted octanol–water partition coefficient (Wildman–Crippen LogP) is 4.22. The van der Waals surface area contributed by atoms with Gasteiger partial charge >= 0.3 is 0 Å². The molecule has 4 aromatic rings. The van der Waals surface area contributed by atoms with Crippen molar-refractivity contribution in [1.82, 2.24) is 24.6 Å². The van der Waals surface area contributed by atoms with Crippen molar-refractivity contribution >= 4 is 32.5 Å². The lowest BCUT2D eigenvalue weighted by Gasteiger charge is -2.34. The second kappa shape index (κ2) is 9.80. The maximum absolute atomic E-state index is 5.64. The van der Waals surface area contributed by atoms with Gasteiger partial charge in [-0.15, -0.1) is 0 Å². The number of thiazole rings is 1. The van der Waals surface area contributed by atoms with Crippen LogP contribution in [-0.4, -0.2) is 84.2 Å². The monoisotopic (exact) mass is 503 g/mol. The zero-order valence-electron chi connectivity index (χ0n) is 21.2. The molecule has 8 nitrogen and oxygen atoms in total. The Hall–Kier alpha value is -3.01. The minimum atomic E-state index is 0.645. The van der Waals surface area contributed by atoms with Crippen LogP contribution in [0, 0.1) is 6.92 Å². The first-order chi connectivity index (χ1) is 17.5. The van der Waals surface area contributed by atoms with E-state index in [-0.39, 0.29) is 0 Å². The molecular weight excluding hydrogens is 470 g/mol. The quantitative estimate of drug-likeness (QED) is 0.404. The molecule has 0 unspecified atom stereocenters. The number of benzene rings is 1. The fraction of sp³-hybridized carbons (Fsp3) is 0.444. The lowest BCUT2D eigenvalue weighted by molar-refractivity contribution is 0.123. The van der Waals surface area contributed by atoms with Gasteiger partial charge in [0, 0.05) is 50.0 Å². The van der Waals surface area contributed by atoms with Crippen LogP contribution in [0.15, 0.2) is 42.6 Å². The molecule has 3 aromatic heterocycles. The van der Waals surface area contributed by atoms with Crippen LogP contribution in [0.5, 0.6) is 0 Å². The zero-order chi connectivity index (χ0) is 24.6. The van der Waals surface area contributed by atoms with Gasteiger partial charge in [0.2, 0.25) is 0 Å². The summed E-state index contributed by atoms with van der Waals surface area (Å²) in [4.78, 5) is 17.2. The molecule has 6 rings (SSSR count). The van der Waals surface area contributed by atoms with E-state index in [1.165, 1.54) is 11.3 Å². The minimum Gasteiger partial charge on any atom is -0.378 e. The Kier molecular flexibility index (Phi) is 6.37. The van der Waals surface area contributed by atoms with Crippen LogP contribution < -0.4 is 9.80 Å². The second-order valence-electron chi connectivity index (χ2n) is 9.95. The number of morpholine rings is 1. The Morgan fingerprint density at radius 2 is 1.78 bits per heavy atom. The molecule has 2 fully saturated rings. The molecule has 36 heavy (non-hydrogen) atoms. The number of nitrogens with zero attached hydrogens (tertiary/aromatic N) is 7. The number of aromatic nitrogens is 4. The van der Waals surface area contributed by atoms with E-state index in [2.05, 4.69) is 72.1 Å². The average molecular weight is 504 g/mol. The lowest BCUT2D eigenvalue weighted by Crippen LogP contribution is -2.41. The van der Waals surface area contributed by atoms with Crippen LogP contribution in [0.3, 0.4) is 0 Å². The summed E-state index contributed by atoms with van der Waals surface area (Å²) in [7, 11) is 4.36. The van der Waals surface area contributed by atoms with Crippen molar-refractivity contribution < 1.29 is 4.74 Å². The van der Waals surface area contributed by atoms with Crippen molar-refractivity contribution in [1.29, 1.82) is 0 Å². The number of ether oxygens (including phenoxy) is 1. The Bertz CT molecular complexity index is 1350. The van der Waals surface area contributed by atoms with E-state index in [1.807, 2.05) is 10.9 Å². The van der Waals surface area contributed by atoms with Gasteiger partial charge in [0.15, 0.2) is 16.6 Å². The SMILES string of the molecule is Cc1cccc(-c2ccn(-c3cc(N4CCOCC4)c4sc(N5CCC(N(C)C)CC5)nc4n3)n2)c1. The summed E-state index contributed by atoms with van der Waals surface area (Å²) in [6.45, 7) is 7.38. The van der Waals surface area contributed by atoms with E-state index in [4.69, 9.17) is 19.8 Å².